The fourth-order valence-electron chi connectivity index (χ4n) is 2.35. The van der Waals surface area contributed by atoms with Crippen LogP contribution in [0.5, 0.6) is 5.75 Å². The van der Waals surface area contributed by atoms with Crippen LogP contribution in [0.2, 0.25) is 0 Å². The van der Waals surface area contributed by atoms with E-state index in [1.807, 2.05) is 34.3 Å². The Labute approximate surface area is 140 Å². The summed E-state index contributed by atoms with van der Waals surface area (Å²) in [6.07, 6.45) is 0.998. The highest BCUT2D eigenvalue weighted by Crippen LogP contribution is 2.31. The van der Waals surface area contributed by atoms with Crippen LogP contribution in [0.4, 0.5) is 0 Å². The number of hydrogen-bond acceptors (Lipinski definition) is 6. The molecule has 0 bridgehead atoms. The predicted octanol–water partition coefficient (Wildman–Crippen LogP) is 2.98. The summed E-state index contributed by atoms with van der Waals surface area (Å²) in [6, 6.07) is 7.76. The molecule has 0 unspecified atom stereocenters. The quantitative estimate of drug-likeness (QED) is 0.877. The zero-order chi connectivity index (χ0) is 16.4. The van der Waals surface area contributed by atoms with Gasteiger partial charge in [0.05, 0.1) is 18.8 Å². The van der Waals surface area contributed by atoms with Gasteiger partial charge in [0.1, 0.15) is 5.75 Å². The Morgan fingerprint density at radius 1 is 1.30 bits per heavy atom. The van der Waals surface area contributed by atoms with Crippen molar-refractivity contribution in [3.63, 3.8) is 0 Å². The molecule has 1 aliphatic rings. The first-order valence-electron chi connectivity index (χ1n) is 7.63. The number of nitrogens with zero attached hydrogens (tertiary/aromatic N) is 3. The molecule has 1 aromatic carbocycles. The highest BCUT2D eigenvalue weighted by atomic mass is 32.2. The molecule has 0 spiro atoms. The van der Waals surface area contributed by atoms with Crippen molar-refractivity contribution in [3.05, 3.63) is 41.1 Å². The van der Waals surface area contributed by atoms with Gasteiger partial charge < -0.3 is 10.5 Å². The maximum Gasteiger partial charge on any atom is 0.214 e. The maximum absolute atomic E-state index is 6.33. The van der Waals surface area contributed by atoms with Gasteiger partial charge in [-0.25, -0.2) is 4.68 Å². The van der Waals surface area contributed by atoms with Crippen LogP contribution in [0.3, 0.4) is 0 Å². The van der Waals surface area contributed by atoms with Crippen molar-refractivity contribution in [1.29, 1.82) is 0 Å². The van der Waals surface area contributed by atoms with Crippen molar-refractivity contribution in [2.45, 2.75) is 31.5 Å². The number of ether oxygens (including phenoxy) is 1. The molecule has 0 fully saturated rings. The van der Waals surface area contributed by atoms with Gasteiger partial charge in [0.25, 0.3) is 0 Å². The highest BCUT2D eigenvalue weighted by Gasteiger charge is 2.25. The van der Waals surface area contributed by atoms with E-state index in [4.69, 9.17) is 10.5 Å². The Bertz CT molecular complexity index is 710. The Balaban J connectivity index is 1.85. The predicted molar refractivity (Wildman–Crippen MR) is 92.6 cm³/mol. The molecule has 0 amide bonds. The Morgan fingerprint density at radius 2 is 2.04 bits per heavy atom. The summed E-state index contributed by atoms with van der Waals surface area (Å²) in [5.41, 5.74) is 11.8. The first-order chi connectivity index (χ1) is 11.1. The van der Waals surface area contributed by atoms with Gasteiger partial charge in [0, 0.05) is 11.0 Å². The lowest BCUT2D eigenvalue weighted by Gasteiger charge is -2.23. The largest absolute Gasteiger partial charge is 0.497 e. The number of thioether (sulfide) groups is 1. The zero-order valence-corrected chi connectivity index (χ0v) is 14.3. The molecule has 1 aromatic heterocycles. The molecule has 6 nitrogen and oxygen atoms in total. The third-order valence-electron chi connectivity index (χ3n) is 4.13. The summed E-state index contributed by atoms with van der Waals surface area (Å²) in [5.74, 6) is 1.94. The second kappa shape index (κ2) is 6.64. The lowest BCUT2D eigenvalue weighted by molar-refractivity contribution is 0.415. The van der Waals surface area contributed by atoms with Crippen molar-refractivity contribution < 1.29 is 4.74 Å². The van der Waals surface area contributed by atoms with E-state index in [2.05, 4.69) is 29.5 Å². The number of methoxy groups -OCH3 is 1. The Kier molecular flexibility index (Phi) is 4.58. The van der Waals surface area contributed by atoms with Crippen LogP contribution < -0.4 is 15.9 Å². The lowest BCUT2D eigenvalue weighted by Crippen LogP contribution is -2.27. The van der Waals surface area contributed by atoms with E-state index < -0.39 is 0 Å². The fraction of sp³-hybridized carbons (Fsp3) is 0.375. The molecule has 2 aromatic rings. The molecule has 3 rings (SSSR count). The highest BCUT2D eigenvalue weighted by molar-refractivity contribution is 8.02. The first kappa shape index (κ1) is 15.9. The van der Waals surface area contributed by atoms with Crippen LogP contribution in [0.1, 0.15) is 37.7 Å². The van der Waals surface area contributed by atoms with Gasteiger partial charge in [-0.05, 0) is 30.2 Å². The minimum Gasteiger partial charge on any atom is -0.497 e. The van der Waals surface area contributed by atoms with E-state index in [0.29, 0.717) is 5.92 Å². The van der Waals surface area contributed by atoms with Gasteiger partial charge in [-0.2, -0.15) is 0 Å². The van der Waals surface area contributed by atoms with Gasteiger partial charge in [-0.1, -0.05) is 32.0 Å². The van der Waals surface area contributed by atoms with E-state index in [-0.39, 0.29) is 6.04 Å². The molecule has 2 atom stereocenters. The smallest absolute Gasteiger partial charge is 0.214 e. The summed E-state index contributed by atoms with van der Waals surface area (Å²) in [4.78, 5) is 0. The second-order valence-corrected chi connectivity index (χ2v) is 6.41. The third-order valence-corrected chi connectivity index (χ3v) is 4.96. The zero-order valence-electron chi connectivity index (χ0n) is 13.5. The number of nitrogens with one attached hydrogen (secondary N) is 1. The van der Waals surface area contributed by atoms with Crippen LogP contribution >= 0.6 is 11.8 Å². The van der Waals surface area contributed by atoms with E-state index in [1.165, 1.54) is 11.8 Å². The van der Waals surface area contributed by atoms with E-state index in [9.17, 15) is 0 Å². The molecule has 0 saturated carbocycles. The van der Waals surface area contributed by atoms with Gasteiger partial charge in [0.15, 0.2) is 5.82 Å². The van der Waals surface area contributed by atoms with Gasteiger partial charge in [0.2, 0.25) is 5.16 Å². The number of rotatable bonds is 5. The molecule has 0 saturated heterocycles. The SMILES string of the molecule is CC[C@H](C)[C@H](N)c1nnc2n1NC(c1ccc(OC)cc1)=CS2. The molecule has 0 radical (unpaired) electrons. The van der Waals surface area contributed by atoms with Crippen molar-refractivity contribution in [2.24, 2.45) is 11.7 Å². The Hall–Kier alpha value is -1.99. The molecular formula is C16H21N5OS. The summed E-state index contributed by atoms with van der Waals surface area (Å²) in [6.45, 7) is 4.26. The molecule has 122 valence electrons. The average Bonchev–Trinajstić information content (AvgIpc) is 3.03. The van der Waals surface area contributed by atoms with E-state index >= 15 is 0 Å². The van der Waals surface area contributed by atoms with Crippen molar-refractivity contribution in [2.75, 3.05) is 12.5 Å². The first-order valence-corrected chi connectivity index (χ1v) is 8.51. The summed E-state index contributed by atoms with van der Waals surface area (Å²) >= 11 is 1.54. The second-order valence-electron chi connectivity index (χ2n) is 5.58. The molecule has 7 heteroatoms. The van der Waals surface area contributed by atoms with Crippen LogP contribution in [-0.2, 0) is 0 Å². The van der Waals surface area contributed by atoms with Crippen molar-refractivity contribution >= 4 is 17.5 Å². The van der Waals surface area contributed by atoms with Crippen molar-refractivity contribution in [3.8, 4) is 5.75 Å². The van der Waals surface area contributed by atoms with E-state index in [0.717, 1.165) is 34.4 Å². The Morgan fingerprint density at radius 3 is 2.70 bits per heavy atom. The minimum absolute atomic E-state index is 0.149. The summed E-state index contributed by atoms with van der Waals surface area (Å²) < 4.78 is 7.09. The minimum atomic E-state index is -0.149. The molecule has 0 aliphatic carbocycles. The average molecular weight is 331 g/mol. The number of aromatic nitrogens is 3. The molecular weight excluding hydrogens is 310 g/mol. The standard InChI is InChI=1S/C16H21N5OS/c1-4-10(2)14(17)15-18-19-16-21(15)20-13(9-23-16)11-5-7-12(22-3)8-6-11/h5-10,14,20H,4,17H2,1-3H3/t10-,14-/m0/s1. The molecule has 3 N–H and O–H groups in total. The topological polar surface area (TPSA) is 78.0 Å². The summed E-state index contributed by atoms with van der Waals surface area (Å²) in [5, 5.41) is 11.3. The van der Waals surface area contributed by atoms with Crippen LogP contribution in [0, 0.1) is 5.92 Å². The van der Waals surface area contributed by atoms with Crippen LogP contribution in [0.15, 0.2) is 34.8 Å². The fourth-order valence-corrected chi connectivity index (χ4v) is 3.09. The number of nitrogens with two attached hydrogens (primary N) is 1. The maximum atomic E-state index is 6.33. The molecule has 1 aliphatic heterocycles. The van der Waals surface area contributed by atoms with Crippen molar-refractivity contribution in [1.82, 2.24) is 14.9 Å². The normalized spacial score (nSPS) is 16.1. The van der Waals surface area contributed by atoms with Gasteiger partial charge in [-0.3, -0.25) is 5.43 Å². The van der Waals surface area contributed by atoms with Crippen LogP contribution in [0.25, 0.3) is 5.70 Å². The van der Waals surface area contributed by atoms with Gasteiger partial charge in [-0.15, -0.1) is 10.2 Å². The van der Waals surface area contributed by atoms with Crippen LogP contribution in [-0.4, -0.2) is 22.0 Å². The monoisotopic (exact) mass is 331 g/mol. The summed E-state index contributed by atoms with van der Waals surface area (Å²) in [7, 11) is 1.66. The third kappa shape index (κ3) is 3.07. The lowest BCUT2D eigenvalue weighted by atomic mass is 10.00. The van der Waals surface area contributed by atoms with E-state index in [1.54, 1.807) is 7.11 Å². The molecule has 23 heavy (non-hydrogen) atoms. The molecule has 2 heterocycles. The number of fused-ring (bicyclic) bond motifs is 1. The van der Waals surface area contributed by atoms with Gasteiger partial charge >= 0.3 is 0 Å². The number of hydrogen-bond donors (Lipinski definition) is 2. The number of benzene rings is 1.